The molecule has 6 heterocycles. The lowest BCUT2D eigenvalue weighted by Gasteiger charge is -2.03. The summed E-state index contributed by atoms with van der Waals surface area (Å²) in [7, 11) is 0. The van der Waals surface area contributed by atoms with E-state index < -0.39 is 0 Å². The molecule has 0 bridgehead atoms. The highest BCUT2D eigenvalue weighted by Crippen LogP contribution is 2.43. The van der Waals surface area contributed by atoms with E-state index in [1.165, 1.54) is 241 Å². The lowest BCUT2D eigenvalue weighted by molar-refractivity contribution is 0.498. The van der Waals surface area contributed by atoms with Gasteiger partial charge in [0.25, 0.3) is 0 Å². The first-order valence-corrected chi connectivity index (χ1v) is 33.4. The molecule has 2 nitrogen and oxygen atoms in total. The fourth-order valence-corrected chi connectivity index (χ4v) is 14.6. The number of aryl methyl sites for hydroxylation is 2. The predicted octanol–water partition coefficient (Wildman–Crippen LogP) is 25.3. The van der Waals surface area contributed by atoms with Gasteiger partial charge in [-0.1, -0.05) is 241 Å². The number of furan rings is 2. The van der Waals surface area contributed by atoms with Crippen molar-refractivity contribution in [2.45, 2.75) is 206 Å². The molecule has 0 aliphatic rings. The normalized spacial score (nSPS) is 11.8. The number of rotatable bonds is 38. The van der Waals surface area contributed by atoms with Crippen LogP contribution in [-0.4, -0.2) is 0 Å². The second-order valence-corrected chi connectivity index (χ2v) is 25.8. The molecule has 6 aromatic heterocycles. The Labute approximate surface area is 475 Å². The summed E-state index contributed by atoms with van der Waals surface area (Å²) in [6.07, 6.45) is 45.4. The first-order valence-electron chi connectivity index (χ1n) is 30.1. The summed E-state index contributed by atoms with van der Waals surface area (Å²) in [6, 6.07) is 44.6. The van der Waals surface area contributed by atoms with Gasteiger partial charge < -0.3 is 8.83 Å². The Kier molecular flexibility index (Phi) is 25.1. The van der Waals surface area contributed by atoms with E-state index in [1.807, 2.05) is 45.3 Å². The summed E-state index contributed by atoms with van der Waals surface area (Å²) < 4.78 is 12.7. The predicted molar refractivity (Wildman–Crippen MR) is 339 cm³/mol. The summed E-state index contributed by atoms with van der Waals surface area (Å²) >= 11 is 7.38. The minimum Gasteiger partial charge on any atom is -0.460 e. The zero-order valence-electron chi connectivity index (χ0n) is 46.4. The molecule has 404 valence electrons. The van der Waals surface area contributed by atoms with E-state index >= 15 is 0 Å². The van der Waals surface area contributed by atoms with Crippen LogP contribution in [0.2, 0.25) is 0 Å². The molecule has 0 saturated heterocycles. The molecule has 0 atom stereocenters. The van der Waals surface area contributed by atoms with E-state index in [4.69, 9.17) is 8.83 Å². The van der Waals surface area contributed by atoms with Crippen molar-refractivity contribution >= 4 is 57.5 Å². The minimum atomic E-state index is 0.998. The second kappa shape index (κ2) is 33.1. The van der Waals surface area contributed by atoms with Gasteiger partial charge in [-0.2, -0.15) is 0 Å². The average Bonchev–Trinajstić information content (AvgIpc) is 4.32. The summed E-state index contributed by atoms with van der Waals surface area (Å²) in [5.41, 5.74) is 4.90. The van der Waals surface area contributed by atoms with E-state index in [1.54, 1.807) is 0 Å². The van der Waals surface area contributed by atoms with Crippen molar-refractivity contribution < 1.29 is 8.83 Å². The van der Waals surface area contributed by atoms with Crippen molar-refractivity contribution in [2.75, 3.05) is 0 Å². The van der Waals surface area contributed by atoms with Gasteiger partial charge in [0.05, 0.1) is 9.75 Å². The van der Waals surface area contributed by atoms with Gasteiger partial charge in [-0.15, -0.1) is 45.3 Å². The third-order valence-electron chi connectivity index (χ3n) is 15.1. The Bertz CT molecular complexity index is 2620. The zero-order valence-corrected chi connectivity index (χ0v) is 49.6. The Morgan fingerprint density at radius 2 is 0.526 bits per heavy atom. The topological polar surface area (TPSA) is 26.3 Å². The van der Waals surface area contributed by atoms with Crippen molar-refractivity contribution in [1.82, 2.24) is 0 Å². The molecule has 0 N–H and O–H groups in total. The van der Waals surface area contributed by atoms with Gasteiger partial charge in [-0.25, -0.2) is 0 Å². The Balaban J connectivity index is 0.714. The molecular formula is C70H88O2S4. The van der Waals surface area contributed by atoms with E-state index in [9.17, 15) is 0 Å². The molecule has 0 aliphatic carbocycles. The van der Waals surface area contributed by atoms with Crippen LogP contribution in [0.15, 0.2) is 130 Å². The SMILES string of the molecule is CCCCCCCCCCCCCCCCc1ccc(-c2ccc(-c3ccc(-c4ccc(/C=C/c5ccc(-c6ccc(-c7ccc(-c8ccc(CCCCCCCCCCCCCCCC)o8)s7)s6)cc5)cc4)s3)s2)o1. The van der Waals surface area contributed by atoms with Crippen LogP contribution in [0.25, 0.3) is 73.8 Å². The third kappa shape index (κ3) is 19.2. The van der Waals surface area contributed by atoms with Crippen molar-refractivity contribution in [3.63, 3.8) is 0 Å². The van der Waals surface area contributed by atoms with Crippen molar-refractivity contribution in [2.24, 2.45) is 0 Å². The fourth-order valence-electron chi connectivity index (χ4n) is 10.4. The molecule has 8 aromatic rings. The standard InChI is InChI=1S/C70H88O2S4/c1-3-5-7-9-11-13-15-17-19-21-23-25-27-29-31-59-43-45-61(71-59)65-49-53-69(75-65)67-51-47-63(73-67)57-39-35-55(36-40-57)33-34-56-37-41-58(42-38-56)64-48-52-68(74-64)70-54-50-66(76-70)62-46-44-60(72-62)32-30-28-26-24-22-20-18-16-14-12-10-8-6-4-2/h33-54H,3-32H2,1-2H3/b34-33+. The highest BCUT2D eigenvalue weighted by atomic mass is 32.1. The van der Waals surface area contributed by atoms with Crippen LogP contribution in [0.1, 0.15) is 216 Å². The van der Waals surface area contributed by atoms with Gasteiger partial charge in [-0.3, -0.25) is 0 Å². The van der Waals surface area contributed by atoms with Crippen molar-refractivity contribution in [3.8, 4) is 61.7 Å². The lowest BCUT2D eigenvalue weighted by Crippen LogP contribution is -1.85. The molecule has 76 heavy (non-hydrogen) atoms. The molecule has 8 rings (SSSR count). The minimum absolute atomic E-state index is 0.998. The van der Waals surface area contributed by atoms with Gasteiger partial charge in [0.1, 0.15) is 23.0 Å². The molecular weight excluding hydrogens is 1000 g/mol. The van der Waals surface area contributed by atoms with E-state index in [2.05, 4.69) is 147 Å². The van der Waals surface area contributed by atoms with Crippen LogP contribution in [0.3, 0.4) is 0 Å². The number of unbranched alkanes of at least 4 members (excludes halogenated alkanes) is 26. The number of hydrogen-bond donors (Lipinski definition) is 0. The fraction of sp³-hybridized carbons (Fsp3) is 0.457. The zero-order chi connectivity index (χ0) is 52.2. The molecule has 0 unspecified atom stereocenters. The van der Waals surface area contributed by atoms with Crippen LogP contribution in [0.5, 0.6) is 0 Å². The molecule has 0 saturated carbocycles. The Hall–Kier alpha value is -4.46. The van der Waals surface area contributed by atoms with Gasteiger partial charge in [-0.05, 0) is 108 Å². The molecule has 0 amide bonds. The van der Waals surface area contributed by atoms with Crippen LogP contribution in [-0.2, 0) is 12.8 Å². The molecule has 6 heteroatoms. The van der Waals surface area contributed by atoms with Crippen LogP contribution >= 0.6 is 45.3 Å². The number of benzene rings is 2. The van der Waals surface area contributed by atoms with Gasteiger partial charge in [0.15, 0.2) is 0 Å². The van der Waals surface area contributed by atoms with Crippen LogP contribution < -0.4 is 0 Å². The number of thiophene rings is 4. The molecule has 0 aliphatic heterocycles. The summed E-state index contributed by atoms with van der Waals surface area (Å²) in [4.78, 5) is 10.2. The number of hydrogen-bond acceptors (Lipinski definition) is 6. The quantitative estimate of drug-likeness (QED) is 0.0285. The van der Waals surface area contributed by atoms with Gasteiger partial charge in [0.2, 0.25) is 0 Å². The lowest BCUT2D eigenvalue weighted by atomic mass is 10.0. The largest absolute Gasteiger partial charge is 0.460 e. The maximum atomic E-state index is 6.35. The van der Waals surface area contributed by atoms with Crippen molar-refractivity contribution in [3.05, 3.63) is 144 Å². The van der Waals surface area contributed by atoms with Gasteiger partial charge in [0, 0.05) is 42.1 Å². The van der Waals surface area contributed by atoms with Crippen molar-refractivity contribution in [1.29, 1.82) is 0 Å². The van der Waals surface area contributed by atoms with Crippen LogP contribution in [0.4, 0.5) is 0 Å². The molecule has 2 aromatic carbocycles. The maximum Gasteiger partial charge on any atom is 0.144 e. The first kappa shape index (κ1) is 57.7. The van der Waals surface area contributed by atoms with Crippen LogP contribution in [0, 0.1) is 0 Å². The monoisotopic (exact) mass is 1090 g/mol. The average molecular weight is 1090 g/mol. The van der Waals surface area contributed by atoms with E-state index in [-0.39, 0.29) is 0 Å². The molecule has 0 radical (unpaired) electrons. The molecule has 0 fully saturated rings. The third-order valence-corrected chi connectivity index (χ3v) is 20.0. The summed E-state index contributed by atoms with van der Waals surface area (Å²) in [5.74, 6) is 4.24. The second-order valence-electron chi connectivity index (χ2n) is 21.5. The Morgan fingerprint density at radius 1 is 0.263 bits per heavy atom. The molecule has 0 spiro atoms. The highest BCUT2D eigenvalue weighted by molar-refractivity contribution is 7.25. The Morgan fingerprint density at radius 3 is 0.842 bits per heavy atom. The van der Waals surface area contributed by atoms with Gasteiger partial charge >= 0.3 is 0 Å². The van der Waals surface area contributed by atoms with E-state index in [0.29, 0.717) is 0 Å². The first-order chi connectivity index (χ1) is 37.6. The smallest absolute Gasteiger partial charge is 0.144 e. The summed E-state index contributed by atoms with van der Waals surface area (Å²) in [5, 5.41) is 0. The summed E-state index contributed by atoms with van der Waals surface area (Å²) in [6.45, 7) is 4.60. The highest BCUT2D eigenvalue weighted by Gasteiger charge is 2.14. The van der Waals surface area contributed by atoms with E-state index in [0.717, 1.165) is 35.9 Å². The maximum absolute atomic E-state index is 6.35.